The Bertz CT molecular complexity index is 296. The molecule has 0 spiro atoms. The van der Waals surface area contributed by atoms with Crippen molar-refractivity contribution in [3.8, 4) is 0 Å². The van der Waals surface area contributed by atoms with Gasteiger partial charge < -0.3 is 14.8 Å². The SMILES string of the molecule is Cc1ccc(NCC2COCCO2)nn1. The van der Waals surface area contributed by atoms with Crippen molar-refractivity contribution in [3.05, 3.63) is 17.8 Å². The molecule has 0 aromatic carbocycles. The van der Waals surface area contributed by atoms with Crippen molar-refractivity contribution in [1.82, 2.24) is 10.2 Å². The second kappa shape index (κ2) is 5.04. The van der Waals surface area contributed by atoms with Gasteiger partial charge in [0, 0.05) is 6.54 Å². The number of hydrogen-bond donors (Lipinski definition) is 1. The Kier molecular flexibility index (Phi) is 3.47. The van der Waals surface area contributed by atoms with E-state index in [9.17, 15) is 0 Å². The molecule has 0 aliphatic carbocycles. The minimum Gasteiger partial charge on any atom is -0.376 e. The van der Waals surface area contributed by atoms with E-state index in [0.29, 0.717) is 26.4 Å². The summed E-state index contributed by atoms with van der Waals surface area (Å²) in [6.07, 6.45) is 0.113. The third-order valence-corrected chi connectivity index (χ3v) is 2.19. The summed E-state index contributed by atoms with van der Waals surface area (Å²) >= 11 is 0. The molecular weight excluding hydrogens is 194 g/mol. The number of rotatable bonds is 3. The topological polar surface area (TPSA) is 56.3 Å². The lowest BCUT2D eigenvalue weighted by atomic mass is 10.3. The van der Waals surface area contributed by atoms with Crippen LogP contribution in [0.4, 0.5) is 5.82 Å². The Balaban J connectivity index is 1.79. The lowest BCUT2D eigenvalue weighted by Crippen LogP contribution is -2.34. The average Bonchev–Trinajstić information content (AvgIpc) is 2.30. The Hall–Kier alpha value is -1.20. The Labute approximate surface area is 88.8 Å². The van der Waals surface area contributed by atoms with Gasteiger partial charge >= 0.3 is 0 Å². The third kappa shape index (κ3) is 3.14. The molecule has 15 heavy (non-hydrogen) atoms. The second-order valence-corrected chi connectivity index (χ2v) is 3.51. The van der Waals surface area contributed by atoms with Crippen LogP contribution in [0.15, 0.2) is 12.1 Å². The van der Waals surface area contributed by atoms with Crippen LogP contribution in [-0.2, 0) is 9.47 Å². The maximum atomic E-state index is 5.49. The fourth-order valence-corrected chi connectivity index (χ4v) is 1.37. The predicted octanol–water partition coefficient (Wildman–Crippen LogP) is 0.612. The predicted molar refractivity (Wildman–Crippen MR) is 55.8 cm³/mol. The zero-order chi connectivity index (χ0) is 10.5. The average molecular weight is 209 g/mol. The molecule has 0 saturated carbocycles. The smallest absolute Gasteiger partial charge is 0.148 e. The van der Waals surface area contributed by atoms with Crippen molar-refractivity contribution in [3.63, 3.8) is 0 Å². The summed E-state index contributed by atoms with van der Waals surface area (Å²) in [4.78, 5) is 0. The fraction of sp³-hybridized carbons (Fsp3) is 0.600. The summed E-state index contributed by atoms with van der Waals surface area (Å²) in [6.45, 7) is 4.63. The molecule has 0 bridgehead atoms. The van der Waals surface area contributed by atoms with Crippen molar-refractivity contribution < 1.29 is 9.47 Å². The van der Waals surface area contributed by atoms with Gasteiger partial charge in [0.05, 0.1) is 31.6 Å². The normalized spacial score (nSPS) is 21.3. The molecule has 1 saturated heterocycles. The molecule has 2 rings (SSSR count). The molecule has 0 radical (unpaired) electrons. The first kappa shape index (κ1) is 10.3. The Morgan fingerprint density at radius 3 is 3.00 bits per heavy atom. The molecule has 82 valence electrons. The van der Waals surface area contributed by atoms with Gasteiger partial charge in [0.25, 0.3) is 0 Å². The van der Waals surface area contributed by atoms with Gasteiger partial charge in [-0.1, -0.05) is 0 Å². The second-order valence-electron chi connectivity index (χ2n) is 3.51. The highest BCUT2D eigenvalue weighted by Gasteiger charge is 2.13. The fourth-order valence-electron chi connectivity index (χ4n) is 1.37. The van der Waals surface area contributed by atoms with Crippen molar-refractivity contribution in [2.45, 2.75) is 13.0 Å². The Morgan fingerprint density at radius 2 is 2.33 bits per heavy atom. The molecule has 1 fully saturated rings. The maximum Gasteiger partial charge on any atom is 0.148 e. The third-order valence-electron chi connectivity index (χ3n) is 2.19. The van der Waals surface area contributed by atoms with Crippen LogP contribution in [0.1, 0.15) is 5.69 Å². The molecule has 1 N–H and O–H groups in total. The van der Waals surface area contributed by atoms with Gasteiger partial charge in [-0.25, -0.2) is 0 Å². The number of nitrogens with one attached hydrogen (secondary N) is 1. The van der Waals surface area contributed by atoms with E-state index in [1.54, 1.807) is 0 Å². The molecule has 0 amide bonds. The molecule has 5 nitrogen and oxygen atoms in total. The van der Waals surface area contributed by atoms with Gasteiger partial charge in [-0.3, -0.25) is 0 Å². The molecular formula is C10H15N3O2. The van der Waals surface area contributed by atoms with E-state index in [2.05, 4.69) is 15.5 Å². The first-order valence-electron chi connectivity index (χ1n) is 5.08. The first-order valence-corrected chi connectivity index (χ1v) is 5.08. The van der Waals surface area contributed by atoms with Crippen molar-refractivity contribution in [1.29, 1.82) is 0 Å². The standard InChI is InChI=1S/C10H15N3O2/c1-8-2-3-10(13-12-8)11-6-9-7-14-4-5-15-9/h2-3,9H,4-7H2,1H3,(H,11,13). The molecule has 1 aromatic heterocycles. The number of ether oxygens (including phenoxy) is 2. The summed E-state index contributed by atoms with van der Waals surface area (Å²) in [5, 5.41) is 11.1. The van der Waals surface area contributed by atoms with Crippen molar-refractivity contribution in [2.24, 2.45) is 0 Å². The highest BCUT2D eigenvalue weighted by molar-refractivity contribution is 5.32. The van der Waals surface area contributed by atoms with E-state index in [1.165, 1.54) is 0 Å². The molecule has 1 aliphatic rings. The van der Waals surface area contributed by atoms with Crippen LogP contribution in [0, 0.1) is 6.92 Å². The highest BCUT2D eigenvalue weighted by atomic mass is 16.6. The monoisotopic (exact) mass is 209 g/mol. The lowest BCUT2D eigenvalue weighted by Gasteiger charge is -2.23. The van der Waals surface area contributed by atoms with Gasteiger partial charge in [-0.05, 0) is 19.1 Å². The van der Waals surface area contributed by atoms with Gasteiger partial charge in [0.2, 0.25) is 0 Å². The van der Waals surface area contributed by atoms with Crippen molar-refractivity contribution in [2.75, 3.05) is 31.7 Å². The quantitative estimate of drug-likeness (QED) is 0.790. The van der Waals surface area contributed by atoms with Crippen LogP contribution in [-0.4, -0.2) is 42.7 Å². The summed E-state index contributed by atoms with van der Waals surface area (Å²) in [6, 6.07) is 3.83. The summed E-state index contributed by atoms with van der Waals surface area (Å²) < 4.78 is 10.8. The van der Waals surface area contributed by atoms with Crippen LogP contribution in [0.2, 0.25) is 0 Å². The van der Waals surface area contributed by atoms with Gasteiger partial charge in [0.1, 0.15) is 5.82 Å². The molecule has 1 aliphatic heterocycles. The van der Waals surface area contributed by atoms with E-state index in [4.69, 9.17) is 9.47 Å². The summed E-state index contributed by atoms with van der Waals surface area (Å²) in [5.74, 6) is 0.773. The van der Waals surface area contributed by atoms with E-state index in [1.807, 2.05) is 19.1 Å². The number of nitrogens with zero attached hydrogens (tertiary/aromatic N) is 2. The Morgan fingerprint density at radius 1 is 1.40 bits per heavy atom. The van der Waals surface area contributed by atoms with Crippen LogP contribution >= 0.6 is 0 Å². The van der Waals surface area contributed by atoms with E-state index >= 15 is 0 Å². The zero-order valence-electron chi connectivity index (χ0n) is 8.77. The van der Waals surface area contributed by atoms with E-state index in [0.717, 1.165) is 11.5 Å². The first-order chi connectivity index (χ1) is 7.34. The molecule has 5 heteroatoms. The van der Waals surface area contributed by atoms with Crippen LogP contribution < -0.4 is 5.32 Å². The minimum absolute atomic E-state index is 0.113. The minimum atomic E-state index is 0.113. The number of hydrogen-bond acceptors (Lipinski definition) is 5. The lowest BCUT2D eigenvalue weighted by molar-refractivity contribution is -0.0819. The van der Waals surface area contributed by atoms with Crippen molar-refractivity contribution >= 4 is 5.82 Å². The van der Waals surface area contributed by atoms with Gasteiger partial charge in [-0.2, -0.15) is 5.10 Å². The summed E-state index contributed by atoms with van der Waals surface area (Å²) in [7, 11) is 0. The molecule has 1 unspecified atom stereocenters. The van der Waals surface area contributed by atoms with Crippen LogP contribution in [0.5, 0.6) is 0 Å². The van der Waals surface area contributed by atoms with E-state index < -0.39 is 0 Å². The number of aryl methyl sites for hydroxylation is 1. The summed E-state index contributed by atoms with van der Waals surface area (Å²) in [5.41, 5.74) is 0.915. The van der Waals surface area contributed by atoms with Gasteiger partial charge in [0.15, 0.2) is 0 Å². The maximum absolute atomic E-state index is 5.49. The largest absolute Gasteiger partial charge is 0.376 e. The number of aromatic nitrogens is 2. The zero-order valence-corrected chi connectivity index (χ0v) is 8.77. The molecule has 1 aromatic rings. The highest BCUT2D eigenvalue weighted by Crippen LogP contribution is 2.04. The van der Waals surface area contributed by atoms with Crippen LogP contribution in [0.3, 0.4) is 0 Å². The van der Waals surface area contributed by atoms with Crippen LogP contribution in [0.25, 0.3) is 0 Å². The van der Waals surface area contributed by atoms with E-state index in [-0.39, 0.29) is 6.10 Å². The number of anilines is 1. The van der Waals surface area contributed by atoms with Gasteiger partial charge in [-0.15, -0.1) is 5.10 Å². The molecule has 2 heterocycles. The molecule has 1 atom stereocenters.